The lowest BCUT2D eigenvalue weighted by Gasteiger charge is -2.28. The van der Waals surface area contributed by atoms with Crippen molar-refractivity contribution in [3.63, 3.8) is 0 Å². The number of amides is 1. The molecule has 1 amide bonds. The first-order valence-electron chi connectivity index (χ1n) is 7.46. The molecule has 1 aromatic carbocycles. The topological polar surface area (TPSA) is 40.6 Å². The fourth-order valence-corrected chi connectivity index (χ4v) is 3.16. The van der Waals surface area contributed by atoms with Crippen molar-refractivity contribution in [1.82, 2.24) is 4.90 Å². The Kier molecular flexibility index (Phi) is 3.76. The third kappa shape index (κ3) is 2.58. The van der Waals surface area contributed by atoms with Crippen LogP contribution in [-0.4, -0.2) is 42.8 Å². The van der Waals surface area contributed by atoms with Gasteiger partial charge in [0.25, 0.3) is 11.7 Å². The summed E-state index contributed by atoms with van der Waals surface area (Å²) in [4.78, 5) is 27.7. The second-order valence-corrected chi connectivity index (χ2v) is 5.83. The van der Waals surface area contributed by atoms with E-state index in [1.807, 2.05) is 0 Å². The van der Waals surface area contributed by atoms with Gasteiger partial charge in [-0.05, 0) is 50.6 Å². The molecule has 3 rings (SSSR count). The molecule has 0 bridgehead atoms. The van der Waals surface area contributed by atoms with Crippen molar-refractivity contribution in [2.45, 2.75) is 26.2 Å². The number of piperidine rings is 1. The van der Waals surface area contributed by atoms with Crippen LogP contribution < -0.4 is 4.90 Å². The summed E-state index contributed by atoms with van der Waals surface area (Å²) in [5, 5.41) is 0. The van der Waals surface area contributed by atoms with Crippen molar-refractivity contribution < 1.29 is 14.0 Å². The highest BCUT2D eigenvalue weighted by Crippen LogP contribution is 2.32. The molecule has 1 fully saturated rings. The van der Waals surface area contributed by atoms with Crippen LogP contribution in [0.2, 0.25) is 0 Å². The van der Waals surface area contributed by atoms with Crippen LogP contribution in [-0.2, 0) is 4.79 Å². The van der Waals surface area contributed by atoms with Gasteiger partial charge in [0.2, 0.25) is 0 Å². The second kappa shape index (κ2) is 5.56. The van der Waals surface area contributed by atoms with E-state index in [0.29, 0.717) is 18.7 Å². The van der Waals surface area contributed by atoms with E-state index in [9.17, 15) is 14.0 Å². The first-order chi connectivity index (χ1) is 10.1. The molecule has 112 valence electrons. The Morgan fingerprint density at radius 2 is 1.81 bits per heavy atom. The lowest BCUT2D eigenvalue weighted by molar-refractivity contribution is -0.114. The molecule has 0 radical (unpaired) electrons. The average Bonchev–Trinajstić information content (AvgIpc) is 2.71. The zero-order chi connectivity index (χ0) is 15.0. The second-order valence-electron chi connectivity index (χ2n) is 5.83. The SMILES string of the molecule is Cc1cc(F)c2c(c1)C(=O)C(=O)N2CCN1CCCCC1. The Balaban J connectivity index is 1.80. The van der Waals surface area contributed by atoms with Gasteiger partial charge in [-0.2, -0.15) is 0 Å². The maximum atomic E-state index is 14.2. The number of nitrogens with zero attached hydrogens (tertiary/aromatic N) is 2. The molecule has 0 unspecified atom stereocenters. The van der Waals surface area contributed by atoms with E-state index in [1.165, 1.54) is 17.4 Å². The number of carbonyl (C=O) groups excluding carboxylic acids is 2. The van der Waals surface area contributed by atoms with Gasteiger partial charge < -0.3 is 9.80 Å². The maximum Gasteiger partial charge on any atom is 0.299 e. The lowest BCUT2D eigenvalue weighted by atomic mass is 10.1. The summed E-state index contributed by atoms with van der Waals surface area (Å²) in [5.74, 6) is -1.68. The molecule has 0 atom stereocenters. The predicted octanol–water partition coefficient (Wildman–Crippen LogP) is 2.15. The Bertz CT molecular complexity index is 594. The third-order valence-electron chi connectivity index (χ3n) is 4.25. The number of carbonyl (C=O) groups is 2. The van der Waals surface area contributed by atoms with Gasteiger partial charge in [-0.15, -0.1) is 0 Å². The normalized spacial score (nSPS) is 19.2. The number of fused-ring (bicyclic) bond motifs is 1. The molecule has 2 aliphatic rings. The first kappa shape index (κ1) is 14.2. The van der Waals surface area contributed by atoms with Gasteiger partial charge in [-0.3, -0.25) is 9.59 Å². The highest BCUT2D eigenvalue weighted by Gasteiger charge is 2.38. The van der Waals surface area contributed by atoms with Gasteiger partial charge in [0.1, 0.15) is 5.82 Å². The van der Waals surface area contributed by atoms with Crippen LogP contribution in [0.1, 0.15) is 35.2 Å². The van der Waals surface area contributed by atoms with Crippen molar-refractivity contribution >= 4 is 17.4 Å². The van der Waals surface area contributed by atoms with Gasteiger partial charge in [0.05, 0.1) is 11.3 Å². The number of hydrogen-bond acceptors (Lipinski definition) is 3. The zero-order valence-electron chi connectivity index (χ0n) is 12.2. The van der Waals surface area contributed by atoms with Gasteiger partial charge >= 0.3 is 0 Å². The van der Waals surface area contributed by atoms with E-state index in [1.54, 1.807) is 13.0 Å². The number of hydrogen-bond donors (Lipinski definition) is 0. The predicted molar refractivity (Wildman–Crippen MR) is 78.1 cm³/mol. The van der Waals surface area contributed by atoms with Gasteiger partial charge in [0.15, 0.2) is 0 Å². The first-order valence-corrected chi connectivity index (χ1v) is 7.46. The summed E-state index contributed by atoms with van der Waals surface area (Å²) in [6.45, 7) is 4.80. The molecule has 0 aliphatic carbocycles. The molecule has 1 saturated heterocycles. The van der Waals surface area contributed by atoms with Gasteiger partial charge in [-0.1, -0.05) is 6.42 Å². The van der Waals surface area contributed by atoms with Crippen LogP contribution in [0, 0.1) is 12.7 Å². The summed E-state index contributed by atoms with van der Waals surface area (Å²) in [6, 6.07) is 2.97. The number of likely N-dealkylation sites (tertiary alicyclic amines) is 1. The molecule has 0 aromatic heterocycles. The summed E-state index contributed by atoms with van der Waals surface area (Å²) < 4.78 is 14.2. The van der Waals surface area contributed by atoms with E-state index < -0.39 is 17.5 Å². The van der Waals surface area contributed by atoms with Gasteiger partial charge in [0, 0.05) is 13.1 Å². The molecule has 1 aromatic rings. The van der Waals surface area contributed by atoms with Crippen LogP contribution in [0.25, 0.3) is 0 Å². The molecule has 0 saturated carbocycles. The number of Topliss-reactive ketones (excluding diaryl/α,β-unsaturated/α-hetero) is 1. The monoisotopic (exact) mass is 290 g/mol. The molecule has 0 N–H and O–H groups in total. The Morgan fingerprint density at radius 3 is 2.52 bits per heavy atom. The Morgan fingerprint density at radius 1 is 1.10 bits per heavy atom. The molecule has 2 heterocycles. The van der Waals surface area contributed by atoms with E-state index in [0.717, 1.165) is 25.9 Å². The van der Waals surface area contributed by atoms with E-state index >= 15 is 0 Å². The summed E-state index contributed by atoms with van der Waals surface area (Å²) in [5.41, 5.74) is 1.02. The third-order valence-corrected chi connectivity index (χ3v) is 4.25. The fraction of sp³-hybridized carbons (Fsp3) is 0.500. The minimum absolute atomic E-state index is 0.160. The molecule has 0 spiro atoms. The molecular formula is C16H19FN2O2. The summed E-state index contributed by atoms with van der Waals surface area (Å²) in [6.07, 6.45) is 3.57. The highest BCUT2D eigenvalue weighted by molar-refractivity contribution is 6.52. The standard InChI is InChI=1S/C16H19FN2O2/c1-11-9-12-14(13(17)10-11)19(16(21)15(12)20)8-7-18-5-3-2-4-6-18/h9-10H,2-8H2,1H3. The summed E-state index contributed by atoms with van der Waals surface area (Å²) in [7, 11) is 0. The molecular weight excluding hydrogens is 271 g/mol. The Hall–Kier alpha value is -1.75. The van der Waals surface area contributed by atoms with Crippen LogP contribution in [0.3, 0.4) is 0 Å². The molecule has 21 heavy (non-hydrogen) atoms. The maximum absolute atomic E-state index is 14.2. The van der Waals surface area contributed by atoms with Crippen LogP contribution in [0.15, 0.2) is 12.1 Å². The number of halogens is 1. The number of rotatable bonds is 3. The van der Waals surface area contributed by atoms with Crippen LogP contribution in [0.4, 0.5) is 10.1 Å². The van der Waals surface area contributed by atoms with Crippen molar-refractivity contribution in [3.8, 4) is 0 Å². The molecule has 4 nitrogen and oxygen atoms in total. The summed E-state index contributed by atoms with van der Waals surface area (Å²) >= 11 is 0. The van der Waals surface area contributed by atoms with Crippen molar-refractivity contribution in [3.05, 3.63) is 29.1 Å². The fourth-order valence-electron chi connectivity index (χ4n) is 3.16. The number of aryl methyl sites for hydroxylation is 1. The molecule has 2 aliphatic heterocycles. The van der Waals surface area contributed by atoms with Crippen LogP contribution in [0.5, 0.6) is 0 Å². The largest absolute Gasteiger partial charge is 0.302 e. The highest BCUT2D eigenvalue weighted by atomic mass is 19.1. The van der Waals surface area contributed by atoms with E-state index in [-0.39, 0.29) is 11.3 Å². The van der Waals surface area contributed by atoms with Crippen LogP contribution >= 0.6 is 0 Å². The van der Waals surface area contributed by atoms with E-state index in [2.05, 4.69) is 4.90 Å². The quantitative estimate of drug-likeness (QED) is 0.801. The van der Waals surface area contributed by atoms with E-state index in [4.69, 9.17) is 0 Å². The minimum Gasteiger partial charge on any atom is -0.302 e. The molecule has 5 heteroatoms. The van der Waals surface area contributed by atoms with Gasteiger partial charge in [-0.25, -0.2) is 4.39 Å². The van der Waals surface area contributed by atoms with Crippen molar-refractivity contribution in [2.24, 2.45) is 0 Å². The van der Waals surface area contributed by atoms with Crippen molar-refractivity contribution in [2.75, 3.05) is 31.1 Å². The van der Waals surface area contributed by atoms with Crippen molar-refractivity contribution in [1.29, 1.82) is 0 Å². The smallest absolute Gasteiger partial charge is 0.299 e. The average molecular weight is 290 g/mol. The zero-order valence-corrected chi connectivity index (χ0v) is 12.2. The minimum atomic E-state index is -0.605. The number of ketones is 1. The number of benzene rings is 1. The Labute approximate surface area is 123 Å². The lowest BCUT2D eigenvalue weighted by Crippen LogP contribution is -2.40. The number of anilines is 1.